The fourth-order valence-corrected chi connectivity index (χ4v) is 5.36. The number of hydrogen-bond acceptors (Lipinski definition) is 6. The smallest absolute Gasteiger partial charge is 0.410 e. The number of hydrogen-bond donors (Lipinski definition) is 2. The second-order valence-corrected chi connectivity index (χ2v) is 10.9. The average molecular weight is 468 g/mol. The lowest BCUT2D eigenvalue weighted by Crippen LogP contribution is -2.52. The van der Waals surface area contributed by atoms with Gasteiger partial charge in [0, 0.05) is 42.7 Å². The van der Waals surface area contributed by atoms with Crippen LogP contribution >= 0.6 is 0 Å². The maximum Gasteiger partial charge on any atom is 0.410 e. The zero-order valence-corrected chi connectivity index (χ0v) is 20.3. The van der Waals surface area contributed by atoms with Gasteiger partial charge in [-0.25, -0.2) is 4.79 Å². The zero-order valence-electron chi connectivity index (χ0n) is 20.3. The lowest BCUT2D eigenvalue weighted by molar-refractivity contribution is -0.134. The van der Waals surface area contributed by atoms with E-state index < -0.39 is 11.5 Å². The molecule has 3 aliphatic rings. The van der Waals surface area contributed by atoms with E-state index in [4.69, 9.17) is 4.74 Å². The summed E-state index contributed by atoms with van der Waals surface area (Å²) in [6.45, 7) is 6.39. The minimum Gasteiger partial charge on any atom is -0.444 e. The molecule has 34 heavy (non-hydrogen) atoms. The molecule has 3 fully saturated rings. The molecule has 2 aliphatic heterocycles. The first-order valence-corrected chi connectivity index (χ1v) is 12.1. The molecule has 2 N–H and O–H groups in total. The van der Waals surface area contributed by atoms with Crippen LogP contribution in [-0.4, -0.2) is 56.3 Å². The summed E-state index contributed by atoms with van der Waals surface area (Å²) in [6, 6.07) is 6.37. The molecule has 1 aliphatic carbocycles. The van der Waals surface area contributed by atoms with Crippen molar-refractivity contribution < 1.29 is 19.1 Å². The van der Waals surface area contributed by atoms with E-state index in [2.05, 4.69) is 21.8 Å². The van der Waals surface area contributed by atoms with Crippen molar-refractivity contribution in [1.82, 2.24) is 20.0 Å². The lowest BCUT2D eigenvalue weighted by atomic mass is 9.92. The van der Waals surface area contributed by atoms with Gasteiger partial charge in [-0.2, -0.15) is 5.10 Å². The summed E-state index contributed by atoms with van der Waals surface area (Å²) in [5, 5.41) is 11.7. The van der Waals surface area contributed by atoms with Crippen molar-refractivity contribution in [2.75, 3.05) is 11.9 Å². The predicted molar refractivity (Wildman–Crippen MR) is 127 cm³/mol. The number of benzene rings is 1. The Bertz CT molecular complexity index is 1160. The number of rotatable bonds is 3. The molecule has 9 heteroatoms. The first-order chi connectivity index (χ1) is 16.0. The minimum atomic E-state index is -0.493. The van der Waals surface area contributed by atoms with E-state index in [1.807, 2.05) is 44.9 Å². The van der Waals surface area contributed by atoms with Crippen LogP contribution < -0.4 is 10.6 Å². The molecule has 9 nitrogen and oxygen atoms in total. The highest BCUT2D eigenvalue weighted by molar-refractivity contribution is 6.02. The van der Waals surface area contributed by atoms with Crippen LogP contribution in [0, 0.1) is 0 Å². The van der Waals surface area contributed by atoms with Gasteiger partial charge in [-0.05, 0) is 71.1 Å². The highest BCUT2D eigenvalue weighted by Crippen LogP contribution is 2.49. The molecule has 2 atom stereocenters. The topological polar surface area (TPSA) is 106 Å². The molecule has 2 unspecified atom stereocenters. The second kappa shape index (κ2) is 7.99. The summed E-state index contributed by atoms with van der Waals surface area (Å²) in [4.78, 5) is 38.6. The van der Waals surface area contributed by atoms with Crippen LogP contribution in [-0.2, 0) is 21.4 Å². The van der Waals surface area contributed by atoms with Crippen molar-refractivity contribution in [3.63, 3.8) is 0 Å². The number of carbonyl (C=O) groups is 3. The Balaban J connectivity index is 1.30. The van der Waals surface area contributed by atoms with E-state index in [0.717, 1.165) is 48.0 Å². The molecule has 3 heterocycles. The average Bonchev–Trinajstić information content (AvgIpc) is 3.42. The van der Waals surface area contributed by atoms with Gasteiger partial charge >= 0.3 is 6.09 Å². The van der Waals surface area contributed by atoms with Gasteiger partial charge in [0.25, 0.3) is 0 Å². The summed E-state index contributed by atoms with van der Waals surface area (Å²) in [5.41, 5.74) is 2.08. The first-order valence-electron chi connectivity index (χ1n) is 12.1. The number of aryl methyl sites for hydroxylation is 1. The standard InChI is InChI=1S/C25H33N5O4/c1-24(2,3)34-23(33)30-12-9-16(14-25(30)10-11-25)26-15-5-6-17-19(13-15)29(4)28-21(17)18-7-8-20(31)27-22(18)32/h5-6,13,16,18,26H,7-12,14H2,1-4H3,(H,27,31,32). The lowest BCUT2D eigenvalue weighted by Gasteiger charge is -2.41. The third-order valence-electron chi connectivity index (χ3n) is 7.16. The maximum atomic E-state index is 12.7. The number of nitrogens with zero attached hydrogens (tertiary/aromatic N) is 3. The van der Waals surface area contributed by atoms with Crippen LogP contribution in [0.2, 0.25) is 0 Å². The molecule has 1 aromatic carbocycles. The van der Waals surface area contributed by atoms with Gasteiger partial charge in [-0.1, -0.05) is 0 Å². The van der Waals surface area contributed by atoms with E-state index in [1.54, 1.807) is 4.68 Å². The van der Waals surface area contributed by atoms with Crippen molar-refractivity contribution >= 4 is 34.5 Å². The minimum absolute atomic E-state index is 0.0895. The van der Waals surface area contributed by atoms with Crippen LogP contribution in [0.4, 0.5) is 10.5 Å². The molecule has 0 radical (unpaired) electrons. The van der Waals surface area contributed by atoms with E-state index >= 15 is 0 Å². The third kappa shape index (κ3) is 4.23. The SMILES string of the molecule is Cn1nc(C2CCC(=O)NC2=O)c2ccc(NC3CCN(C(=O)OC(C)(C)C)C4(CC4)C3)cc21. The molecule has 1 spiro atoms. The number of aromatic nitrogens is 2. The molecule has 1 saturated carbocycles. The van der Waals surface area contributed by atoms with E-state index in [-0.39, 0.29) is 29.5 Å². The monoisotopic (exact) mass is 467 g/mol. The van der Waals surface area contributed by atoms with Crippen molar-refractivity contribution in [3.8, 4) is 0 Å². The number of anilines is 1. The fraction of sp³-hybridized carbons (Fsp3) is 0.600. The van der Waals surface area contributed by atoms with Gasteiger partial charge in [0.15, 0.2) is 0 Å². The van der Waals surface area contributed by atoms with Crippen molar-refractivity contribution in [1.29, 1.82) is 0 Å². The van der Waals surface area contributed by atoms with Crippen LogP contribution in [0.1, 0.15) is 70.9 Å². The summed E-state index contributed by atoms with van der Waals surface area (Å²) < 4.78 is 7.44. The first kappa shape index (κ1) is 22.7. The Morgan fingerprint density at radius 3 is 2.68 bits per heavy atom. The number of imide groups is 1. The Hall–Kier alpha value is -3.10. The van der Waals surface area contributed by atoms with Crippen LogP contribution in [0.25, 0.3) is 10.9 Å². The maximum absolute atomic E-state index is 12.7. The van der Waals surface area contributed by atoms with Crippen molar-refractivity contribution in [2.45, 2.75) is 82.4 Å². The number of ether oxygens (including phenoxy) is 1. The highest BCUT2D eigenvalue weighted by Gasteiger charge is 2.54. The molecule has 0 bridgehead atoms. The summed E-state index contributed by atoms with van der Waals surface area (Å²) in [5.74, 6) is -0.906. The number of likely N-dealkylation sites (tertiary alicyclic amines) is 1. The molecule has 2 saturated heterocycles. The predicted octanol–water partition coefficient (Wildman–Crippen LogP) is 3.44. The molecular formula is C25H33N5O4. The summed E-state index contributed by atoms with van der Waals surface area (Å²) >= 11 is 0. The Labute approximate surface area is 199 Å². The largest absolute Gasteiger partial charge is 0.444 e. The quantitative estimate of drug-likeness (QED) is 0.670. The van der Waals surface area contributed by atoms with Gasteiger partial charge in [0.05, 0.1) is 17.1 Å². The number of piperidine rings is 2. The molecule has 5 rings (SSSR count). The Kier molecular flexibility index (Phi) is 5.33. The van der Waals surface area contributed by atoms with Crippen LogP contribution in [0.15, 0.2) is 18.2 Å². The molecule has 1 aromatic heterocycles. The Morgan fingerprint density at radius 1 is 1.24 bits per heavy atom. The number of nitrogens with one attached hydrogen (secondary N) is 2. The number of amides is 3. The van der Waals surface area contributed by atoms with Crippen LogP contribution in [0.5, 0.6) is 0 Å². The number of fused-ring (bicyclic) bond motifs is 1. The summed E-state index contributed by atoms with van der Waals surface area (Å²) in [6.07, 6.45) is 4.39. The van der Waals surface area contributed by atoms with Gasteiger partial charge in [-0.3, -0.25) is 19.6 Å². The van der Waals surface area contributed by atoms with E-state index in [1.165, 1.54) is 0 Å². The Morgan fingerprint density at radius 2 is 2.00 bits per heavy atom. The van der Waals surface area contributed by atoms with Crippen molar-refractivity contribution in [3.05, 3.63) is 23.9 Å². The fourth-order valence-electron chi connectivity index (χ4n) is 5.36. The van der Waals surface area contributed by atoms with E-state index in [9.17, 15) is 14.4 Å². The second-order valence-electron chi connectivity index (χ2n) is 10.9. The summed E-state index contributed by atoms with van der Waals surface area (Å²) in [7, 11) is 1.88. The number of carbonyl (C=O) groups excluding carboxylic acids is 3. The highest BCUT2D eigenvalue weighted by atomic mass is 16.6. The molecule has 3 amide bonds. The van der Waals surface area contributed by atoms with Gasteiger partial charge in [0.2, 0.25) is 11.8 Å². The van der Waals surface area contributed by atoms with E-state index in [0.29, 0.717) is 19.4 Å². The third-order valence-corrected chi connectivity index (χ3v) is 7.16. The molecular weight excluding hydrogens is 434 g/mol. The van der Waals surface area contributed by atoms with Gasteiger partial charge in [0.1, 0.15) is 5.60 Å². The molecule has 182 valence electrons. The zero-order chi connectivity index (χ0) is 24.3. The normalized spacial score (nSPS) is 24.3. The van der Waals surface area contributed by atoms with Gasteiger partial charge < -0.3 is 15.0 Å². The molecule has 2 aromatic rings. The van der Waals surface area contributed by atoms with Gasteiger partial charge in [-0.15, -0.1) is 0 Å². The van der Waals surface area contributed by atoms with Crippen LogP contribution in [0.3, 0.4) is 0 Å². The van der Waals surface area contributed by atoms with Crippen molar-refractivity contribution in [2.24, 2.45) is 7.05 Å².